The van der Waals surface area contributed by atoms with Crippen molar-refractivity contribution >= 4 is 22.3 Å². The van der Waals surface area contributed by atoms with Gasteiger partial charge in [0.2, 0.25) is 0 Å². The zero-order valence-corrected chi connectivity index (χ0v) is 14.5. The Kier molecular flexibility index (Phi) is 5.46. The van der Waals surface area contributed by atoms with E-state index in [-0.39, 0.29) is 0 Å². The van der Waals surface area contributed by atoms with Crippen molar-refractivity contribution in [2.24, 2.45) is 5.92 Å². The van der Waals surface area contributed by atoms with Crippen molar-refractivity contribution in [3.05, 3.63) is 35.5 Å². The number of hydrogen-bond acceptors (Lipinski definition) is 6. The molecule has 1 saturated heterocycles. The van der Waals surface area contributed by atoms with E-state index in [1.807, 2.05) is 18.5 Å². The summed E-state index contributed by atoms with van der Waals surface area (Å²) in [4.78, 5) is 14.8. The molecule has 3 rings (SSSR count). The van der Waals surface area contributed by atoms with Gasteiger partial charge in [-0.3, -0.25) is 4.90 Å². The van der Waals surface area contributed by atoms with Crippen molar-refractivity contribution in [2.75, 3.05) is 36.8 Å². The Hall–Kier alpha value is -1.66. The van der Waals surface area contributed by atoms with E-state index in [2.05, 4.69) is 38.8 Å². The van der Waals surface area contributed by atoms with Crippen LogP contribution in [-0.4, -0.2) is 41.0 Å². The molecule has 0 unspecified atom stereocenters. The molecule has 2 aromatic rings. The Bertz CT molecular complexity index is 592. The topological polar surface area (TPSA) is 58.3 Å². The standard InChI is InChI=1S/C17H25N5S/c1-2-21(13-15-11-20-17(18)23-15)12-14-6-9-22(10-7-14)16-5-3-4-8-19-16/h3-5,8,11,14H,2,6-7,9-10,12-13H2,1H3,(H2,18,20). The van der Waals surface area contributed by atoms with Crippen LogP contribution in [0, 0.1) is 5.92 Å². The number of thiazole rings is 1. The first kappa shape index (κ1) is 16.2. The second kappa shape index (κ2) is 7.75. The molecule has 0 aliphatic carbocycles. The second-order valence-corrected chi connectivity index (χ2v) is 7.26. The maximum absolute atomic E-state index is 5.73. The lowest BCUT2D eigenvalue weighted by Crippen LogP contribution is -2.38. The number of nitrogen functional groups attached to an aromatic ring is 1. The number of pyridine rings is 1. The highest BCUT2D eigenvalue weighted by Crippen LogP contribution is 2.23. The number of nitrogens with two attached hydrogens (primary N) is 1. The molecular weight excluding hydrogens is 306 g/mol. The number of aromatic nitrogens is 2. The van der Waals surface area contributed by atoms with Gasteiger partial charge in [0.25, 0.3) is 0 Å². The number of nitrogens with zero attached hydrogens (tertiary/aromatic N) is 4. The quantitative estimate of drug-likeness (QED) is 0.882. The first-order chi connectivity index (χ1) is 11.2. The molecule has 6 heteroatoms. The van der Waals surface area contributed by atoms with Crippen LogP contribution < -0.4 is 10.6 Å². The van der Waals surface area contributed by atoms with Crippen molar-refractivity contribution in [1.29, 1.82) is 0 Å². The number of rotatable bonds is 6. The smallest absolute Gasteiger partial charge is 0.180 e. The fraction of sp³-hybridized carbons (Fsp3) is 0.529. The Morgan fingerprint density at radius 3 is 2.74 bits per heavy atom. The molecule has 0 amide bonds. The van der Waals surface area contributed by atoms with Crippen LogP contribution in [0.15, 0.2) is 30.6 Å². The largest absolute Gasteiger partial charge is 0.375 e. The van der Waals surface area contributed by atoms with E-state index in [0.717, 1.165) is 44.5 Å². The summed E-state index contributed by atoms with van der Waals surface area (Å²) in [5.74, 6) is 1.87. The van der Waals surface area contributed by atoms with Crippen LogP contribution in [0.4, 0.5) is 10.9 Å². The van der Waals surface area contributed by atoms with Crippen LogP contribution in [0.1, 0.15) is 24.6 Å². The fourth-order valence-corrected chi connectivity index (χ4v) is 3.90. The van der Waals surface area contributed by atoms with E-state index in [9.17, 15) is 0 Å². The number of hydrogen-bond donors (Lipinski definition) is 1. The molecule has 0 bridgehead atoms. The SMILES string of the molecule is CCN(Cc1cnc(N)s1)CC1CCN(c2ccccn2)CC1. The molecular formula is C17H25N5S. The summed E-state index contributed by atoms with van der Waals surface area (Å²) >= 11 is 1.60. The summed E-state index contributed by atoms with van der Waals surface area (Å²) in [6.07, 6.45) is 6.25. The monoisotopic (exact) mass is 331 g/mol. The molecule has 0 radical (unpaired) electrons. The number of piperidine rings is 1. The molecule has 0 spiro atoms. The molecule has 0 atom stereocenters. The van der Waals surface area contributed by atoms with Gasteiger partial charge < -0.3 is 10.6 Å². The Balaban J connectivity index is 1.49. The van der Waals surface area contributed by atoms with Gasteiger partial charge in [0.15, 0.2) is 5.13 Å². The number of anilines is 2. The van der Waals surface area contributed by atoms with E-state index in [0.29, 0.717) is 5.13 Å². The highest BCUT2D eigenvalue weighted by atomic mass is 32.1. The normalized spacial score (nSPS) is 16.2. The second-order valence-electron chi connectivity index (χ2n) is 6.11. The predicted octanol–water partition coefficient (Wildman–Crippen LogP) is 2.86. The van der Waals surface area contributed by atoms with E-state index < -0.39 is 0 Å². The lowest BCUT2D eigenvalue weighted by atomic mass is 9.96. The summed E-state index contributed by atoms with van der Waals surface area (Å²) in [5.41, 5.74) is 5.73. The average molecular weight is 331 g/mol. The maximum atomic E-state index is 5.73. The van der Waals surface area contributed by atoms with Crippen LogP contribution in [0.3, 0.4) is 0 Å². The molecule has 2 N–H and O–H groups in total. The summed E-state index contributed by atoms with van der Waals surface area (Å²) in [6.45, 7) is 7.63. The first-order valence-corrected chi connectivity index (χ1v) is 9.14. The summed E-state index contributed by atoms with van der Waals surface area (Å²) in [6, 6.07) is 6.14. The van der Waals surface area contributed by atoms with Gasteiger partial charge in [0.1, 0.15) is 5.82 Å². The van der Waals surface area contributed by atoms with Crippen LogP contribution in [0.5, 0.6) is 0 Å². The van der Waals surface area contributed by atoms with Gasteiger partial charge in [0, 0.05) is 43.4 Å². The fourth-order valence-electron chi connectivity index (χ4n) is 3.17. The summed E-state index contributed by atoms with van der Waals surface area (Å²) < 4.78 is 0. The lowest BCUT2D eigenvalue weighted by molar-refractivity contribution is 0.214. The zero-order chi connectivity index (χ0) is 16.1. The van der Waals surface area contributed by atoms with Crippen molar-refractivity contribution in [3.8, 4) is 0 Å². The average Bonchev–Trinajstić information content (AvgIpc) is 3.00. The van der Waals surface area contributed by atoms with E-state index >= 15 is 0 Å². The third-order valence-corrected chi connectivity index (χ3v) is 5.31. The Morgan fingerprint density at radius 2 is 2.13 bits per heavy atom. The van der Waals surface area contributed by atoms with Gasteiger partial charge in [-0.05, 0) is 37.4 Å². The molecule has 23 heavy (non-hydrogen) atoms. The van der Waals surface area contributed by atoms with Gasteiger partial charge in [-0.2, -0.15) is 0 Å². The van der Waals surface area contributed by atoms with Crippen LogP contribution in [0.2, 0.25) is 0 Å². The van der Waals surface area contributed by atoms with Gasteiger partial charge in [-0.1, -0.05) is 13.0 Å². The van der Waals surface area contributed by atoms with Crippen LogP contribution in [-0.2, 0) is 6.54 Å². The van der Waals surface area contributed by atoms with Gasteiger partial charge in [-0.15, -0.1) is 11.3 Å². The van der Waals surface area contributed by atoms with Crippen LogP contribution in [0.25, 0.3) is 0 Å². The van der Waals surface area contributed by atoms with Crippen molar-refractivity contribution < 1.29 is 0 Å². The van der Waals surface area contributed by atoms with Gasteiger partial charge in [-0.25, -0.2) is 9.97 Å². The highest BCUT2D eigenvalue weighted by Gasteiger charge is 2.22. The van der Waals surface area contributed by atoms with E-state index in [4.69, 9.17) is 5.73 Å². The van der Waals surface area contributed by atoms with Crippen LogP contribution >= 0.6 is 11.3 Å². The molecule has 5 nitrogen and oxygen atoms in total. The Morgan fingerprint density at radius 1 is 1.30 bits per heavy atom. The highest BCUT2D eigenvalue weighted by molar-refractivity contribution is 7.15. The van der Waals surface area contributed by atoms with E-state index in [1.165, 1.54) is 17.7 Å². The molecule has 1 aliphatic rings. The lowest BCUT2D eigenvalue weighted by Gasteiger charge is -2.35. The van der Waals surface area contributed by atoms with Crippen molar-refractivity contribution in [1.82, 2.24) is 14.9 Å². The zero-order valence-electron chi connectivity index (χ0n) is 13.7. The third kappa shape index (κ3) is 4.42. The molecule has 3 heterocycles. The van der Waals surface area contributed by atoms with E-state index in [1.54, 1.807) is 11.3 Å². The third-order valence-electron chi connectivity index (χ3n) is 4.50. The molecule has 1 aliphatic heterocycles. The molecule has 0 saturated carbocycles. The van der Waals surface area contributed by atoms with Crippen molar-refractivity contribution in [2.45, 2.75) is 26.3 Å². The summed E-state index contributed by atoms with van der Waals surface area (Å²) in [7, 11) is 0. The maximum Gasteiger partial charge on any atom is 0.180 e. The minimum atomic E-state index is 0.666. The minimum Gasteiger partial charge on any atom is -0.375 e. The molecule has 2 aromatic heterocycles. The first-order valence-electron chi connectivity index (χ1n) is 8.33. The van der Waals surface area contributed by atoms with Gasteiger partial charge in [0.05, 0.1) is 0 Å². The molecule has 0 aromatic carbocycles. The molecule has 124 valence electrons. The van der Waals surface area contributed by atoms with Crippen molar-refractivity contribution in [3.63, 3.8) is 0 Å². The van der Waals surface area contributed by atoms with Gasteiger partial charge >= 0.3 is 0 Å². The Labute approximate surface area is 142 Å². The minimum absolute atomic E-state index is 0.666. The predicted molar refractivity (Wildman–Crippen MR) is 96.7 cm³/mol. The summed E-state index contributed by atoms with van der Waals surface area (Å²) in [5, 5.41) is 0.666. The molecule has 1 fully saturated rings.